The highest BCUT2D eigenvalue weighted by atomic mass is 79.9. The lowest BCUT2D eigenvalue weighted by Crippen LogP contribution is -2.47. The second-order valence-corrected chi connectivity index (χ2v) is 8.51. The van der Waals surface area contributed by atoms with Crippen LogP contribution in [0.4, 0.5) is 11.5 Å². The molecule has 0 bridgehead atoms. The quantitative estimate of drug-likeness (QED) is 0.396. The lowest BCUT2D eigenvalue weighted by molar-refractivity contribution is 0.415. The van der Waals surface area contributed by atoms with E-state index in [1.165, 1.54) is 5.69 Å². The van der Waals surface area contributed by atoms with Gasteiger partial charge in [-0.3, -0.25) is 0 Å². The molecule has 156 valence electrons. The summed E-state index contributed by atoms with van der Waals surface area (Å²) in [6.45, 7) is 3.69. The van der Waals surface area contributed by atoms with Gasteiger partial charge in [0, 0.05) is 52.7 Å². The minimum atomic E-state index is 0.884. The summed E-state index contributed by atoms with van der Waals surface area (Å²) in [6.07, 6.45) is 0. The number of piperazine rings is 1. The molecule has 3 aromatic carbocycles. The third-order valence-corrected chi connectivity index (χ3v) is 6.33. The molecular formula is C25H23BrN4O. The molecule has 5 rings (SSSR count). The van der Waals surface area contributed by atoms with Gasteiger partial charge in [0.2, 0.25) is 0 Å². The van der Waals surface area contributed by atoms with E-state index in [0.29, 0.717) is 0 Å². The van der Waals surface area contributed by atoms with Crippen molar-refractivity contribution in [3.63, 3.8) is 0 Å². The van der Waals surface area contributed by atoms with Crippen molar-refractivity contribution in [1.29, 1.82) is 0 Å². The van der Waals surface area contributed by atoms with Gasteiger partial charge in [0.1, 0.15) is 11.4 Å². The Labute approximate surface area is 190 Å². The van der Waals surface area contributed by atoms with Crippen molar-refractivity contribution in [1.82, 2.24) is 10.2 Å². The SMILES string of the molecule is COc1ccc(N2CCN(c3nnc(-c4ccc(Br)cc4)c4ccccc34)CC2)cc1. The van der Waals surface area contributed by atoms with Gasteiger partial charge in [-0.2, -0.15) is 0 Å². The van der Waals surface area contributed by atoms with Crippen LogP contribution in [0.3, 0.4) is 0 Å². The maximum Gasteiger partial charge on any atom is 0.159 e. The van der Waals surface area contributed by atoms with Crippen LogP contribution in [0, 0.1) is 0 Å². The standard InChI is InChI=1S/C25H23BrN4O/c1-31-21-12-10-20(11-13-21)29-14-16-30(17-15-29)25-23-5-3-2-4-22(23)24(27-28-25)18-6-8-19(26)9-7-18/h2-13H,14-17H2,1H3. The Bertz CT molecular complexity index is 1190. The van der Waals surface area contributed by atoms with Crippen LogP contribution < -0.4 is 14.5 Å². The predicted octanol–water partition coefficient (Wildman–Crippen LogP) is 5.39. The largest absolute Gasteiger partial charge is 0.497 e. The first kappa shape index (κ1) is 19.8. The molecule has 0 unspecified atom stereocenters. The highest BCUT2D eigenvalue weighted by molar-refractivity contribution is 9.10. The van der Waals surface area contributed by atoms with Crippen molar-refractivity contribution in [3.8, 4) is 17.0 Å². The molecule has 0 radical (unpaired) electrons. The normalized spacial score (nSPS) is 14.1. The molecule has 0 atom stereocenters. The van der Waals surface area contributed by atoms with Crippen molar-refractivity contribution in [2.75, 3.05) is 43.1 Å². The Morgan fingerprint density at radius 1 is 0.742 bits per heavy atom. The summed E-state index contributed by atoms with van der Waals surface area (Å²) < 4.78 is 6.33. The molecule has 0 spiro atoms. The Kier molecular flexibility index (Phi) is 5.47. The van der Waals surface area contributed by atoms with Gasteiger partial charge in [0.05, 0.1) is 7.11 Å². The zero-order valence-corrected chi connectivity index (χ0v) is 18.9. The van der Waals surface area contributed by atoms with Crippen LogP contribution in [0.15, 0.2) is 77.3 Å². The van der Waals surface area contributed by atoms with Gasteiger partial charge in [-0.25, -0.2) is 0 Å². The Balaban J connectivity index is 1.41. The van der Waals surface area contributed by atoms with Crippen molar-refractivity contribution in [2.24, 2.45) is 0 Å². The summed E-state index contributed by atoms with van der Waals surface area (Å²) in [5.41, 5.74) is 3.22. The van der Waals surface area contributed by atoms with Gasteiger partial charge in [0.15, 0.2) is 5.82 Å². The molecule has 1 aliphatic heterocycles. The molecule has 0 saturated carbocycles. The number of aromatic nitrogens is 2. The van der Waals surface area contributed by atoms with E-state index in [1.54, 1.807) is 7.11 Å². The fourth-order valence-electron chi connectivity index (χ4n) is 4.11. The van der Waals surface area contributed by atoms with Gasteiger partial charge in [-0.1, -0.05) is 52.3 Å². The highest BCUT2D eigenvalue weighted by Crippen LogP contribution is 2.32. The number of hydrogen-bond acceptors (Lipinski definition) is 5. The lowest BCUT2D eigenvalue weighted by atomic mass is 10.0. The Hall–Kier alpha value is -3.12. The van der Waals surface area contributed by atoms with E-state index < -0.39 is 0 Å². The fraction of sp³-hybridized carbons (Fsp3) is 0.200. The van der Waals surface area contributed by atoms with E-state index in [1.807, 2.05) is 24.3 Å². The number of methoxy groups -OCH3 is 1. The average molecular weight is 475 g/mol. The van der Waals surface area contributed by atoms with Crippen LogP contribution in [-0.2, 0) is 0 Å². The summed E-state index contributed by atoms with van der Waals surface area (Å²) in [7, 11) is 1.70. The number of fused-ring (bicyclic) bond motifs is 1. The molecule has 0 N–H and O–H groups in total. The molecule has 4 aromatic rings. The Morgan fingerprint density at radius 2 is 1.39 bits per heavy atom. The lowest BCUT2D eigenvalue weighted by Gasteiger charge is -2.37. The zero-order valence-electron chi connectivity index (χ0n) is 17.3. The van der Waals surface area contributed by atoms with E-state index in [0.717, 1.165) is 64.2 Å². The topological polar surface area (TPSA) is 41.5 Å². The fourth-order valence-corrected chi connectivity index (χ4v) is 4.38. The molecular weight excluding hydrogens is 452 g/mol. The zero-order chi connectivity index (χ0) is 21.2. The molecule has 1 saturated heterocycles. The van der Waals surface area contributed by atoms with E-state index in [9.17, 15) is 0 Å². The first-order valence-electron chi connectivity index (χ1n) is 10.4. The summed E-state index contributed by atoms with van der Waals surface area (Å²) in [6, 6.07) is 24.9. The van der Waals surface area contributed by atoms with Crippen molar-refractivity contribution in [2.45, 2.75) is 0 Å². The minimum absolute atomic E-state index is 0.884. The van der Waals surface area contributed by atoms with Crippen LogP contribution in [0.25, 0.3) is 22.0 Å². The number of ether oxygens (including phenoxy) is 1. The van der Waals surface area contributed by atoms with Crippen LogP contribution in [0.2, 0.25) is 0 Å². The van der Waals surface area contributed by atoms with E-state index in [-0.39, 0.29) is 0 Å². The number of anilines is 2. The third kappa shape index (κ3) is 3.95. The monoisotopic (exact) mass is 474 g/mol. The van der Waals surface area contributed by atoms with Crippen LogP contribution >= 0.6 is 15.9 Å². The first-order valence-corrected chi connectivity index (χ1v) is 11.2. The predicted molar refractivity (Wildman–Crippen MR) is 130 cm³/mol. The maximum absolute atomic E-state index is 5.28. The van der Waals surface area contributed by atoms with E-state index in [2.05, 4.69) is 84.5 Å². The second-order valence-electron chi connectivity index (χ2n) is 7.60. The van der Waals surface area contributed by atoms with Crippen LogP contribution in [0.1, 0.15) is 0 Å². The average Bonchev–Trinajstić information content (AvgIpc) is 2.84. The molecule has 1 aliphatic rings. The smallest absolute Gasteiger partial charge is 0.159 e. The van der Waals surface area contributed by atoms with Gasteiger partial charge in [-0.15, -0.1) is 10.2 Å². The van der Waals surface area contributed by atoms with E-state index >= 15 is 0 Å². The van der Waals surface area contributed by atoms with Gasteiger partial charge in [0.25, 0.3) is 0 Å². The second kappa shape index (κ2) is 8.55. The summed E-state index contributed by atoms with van der Waals surface area (Å²) >= 11 is 3.51. The molecule has 2 heterocycles. The van der Waals surface area contributed by atoms with Crippen LogP contribution in [0.5, 0.6) is 5.75 Å². The minimum Gasteiger partial charge on any atom is -0.497 e. The Morgan fingerprint density at radius 3 is 2.06 bits per heavy atom. The highest BCUT2D eigenvalue weighted by Gasteiger charge is 2.21. The molecule has 0 aliphatic carbocycles. The van der Waals surface area contributed by atoms with Gasteiger partial charge < -0.3 is 14.5 Å². The van der Waals surface area contributed by atoms with Crippen LogP contribution in [-0.4, -0.2) is 43.5 Å². The first-order chi connectivity index (χ1) is 15.2. The number of benzene rings is 3. The number of nitrogens with zero attached hydrogens (tertiary/aromatic N) is 4. The summed E-state index contributed by atoms with van der Waals surface area (Å²) in [5, 5.41) is 11.6. The third-order valence-electron chi connectivity index (χ3n) is 5.80. The number of halogens is 1. The van der Waals surface area contributed by atoms with Crippen molar-refractivity contribution in [3.05, 3.63) is 77.3 Å². The molecule has 1 fully saturated rings. The molecule has 31 heavy (non-hydrogen) atoms. The number of rotatable bonds is 4. The molecule has 6 heteroatoms. The maximum atomic E-state index is 5.28. The molecule has 5 nitrogen and oxygen atoms in total. The molecule has 1 aromatic heterocycles. The van der Waals surface area contributed by atoms with Gasteiger partial charge in [-0.05, 0) is 36.4 Å². The van der Waals surface area contributed by atoms with Crippen molar-refractivity contribution < 1.29 is 4.74 Å². The van der Waals surface area contributed by atoms with Gasteiger partial charge >= 0.3 is 0 Å². The van der Waals surface area contributed by atoms with E-state index in [4.69, 9.17) is 4.74 Å². The number of hydrogen-bond donors (Lipinski definition) is 0. The summed E-state index contributed by atoms with van der Waals surface area (Å²) in [4.78, 5) is 4.75. The molecule has 0 amide bonds. The summed E-state index contributed by atoms with van der Waals surface area (Å²) in [5.74, 6) is 1.85. The van der Waals surface area contributed by atoms with Crippen molar-refractivity contribution >= 4 is 38.2 Å².